The number of carbonyl (C=O) groups is 2. The second kappa shape index (κ2) is 23.4. The summed E-state index contributed by atoms with van der Waals surface area (Å²) in [4.78, 5) is 50.8. The summed E-state index contributed by atoms with van der Waals surface area (Å²) < 4.78 is 70.6. The largest absolute Gasteiger partial charge is 0.397 e. The van der Waals surface area contributed by atoms with E-state index in [1.807, 2.05) is 63.4 Å². The lowest BCUT2D eigenvalue weighted by molar-refractivity contribution is -0.150. The Balaban J connectivity index is 0.000000495. The first kappa shape index (κ1) is 53.3. The van der Waals surface area contributed by atoms with E-state index in [1.54, 1.807) is 29.2 Å². The Hall–Kier alpha value is -6.46. The molecule has 0 atom stereocenters. The molecule has 8 rings (SSSR count). The number of H-pyrrole nitrogens is 2. The van der Waals surface area contributed by atoms with Crippen LogP contribution in [0.25, 0.3) is 0 Å². The van der Waals surface area contributed by atoms with Crippen molar-refractivity contribution in [2.45, 2.75) is 124 Å². The molecule has 0 radical (unpaired) electrons. The van der Waals surface area contributed by atoms with E-state index in [-0.39, 0.29) is 56.4 Å². The van der Waals surface area contributed by atoms with Crippen molar-refractivity contribution in [1.29, 1.82) is 0 Å². The molecule has 0 spiro atoms. The van der Waals surface area contributed by atoms with Crippen molar-refractivity contribution in [3.8, 4) is 0 Å². The molecule has 0 saturated carbocycles. The van der Waals surface area contributed by atoms with Gasteiger partial charge in [-0.05, 0) is 131 Å². The molecular formula is C49H68F5N13O3S2. The van der Waals surface area contributed by atoms with Gasteiger partial charge in [0.2, 0.25) is 11.8 Å². The normalized spacial score (nSPS) is 15.1. The van der Waals surface area contributed by atoms with E-state index >= 15 is 0 Å². The first-order valence-corrected chi connectivity index (χ1v) is 25.0. The Morgan fingerprint density at radius 2 is 1.28 bits per heavy atom. The zero-order valence-electron chi connectivity index (χ0n) is 40.7. The van der Waals surface area contributed by atoms with Gasteiger partial charge in [0.05, 0.1) is 11.7 Å². The number of carbonyl (C=O) groups excluding carboxylic acids is 2. The highest BCUT2D eigenvalue weighted by Gasteiger charge is 2.35. The van der Waals surface area contributed by atoms with E-state index in [9.17, 15) is 31.5 Å². The van der Waals surface area contributed by atoms with Crippen molar-refractivity contribution in [3.63, 3.8) is 0 Å². The molecule has 6 N–H and O–H groups in total. The Bertz CT molecular complexity index is 2780. The Morgan fingerprint density at radius 1 is 0.750 bits per heavy atom. The molecule has 6 heterocycles. The summed E-state index contributed by atoms with van der Waals surface area (Å²) in [5, 5.41) is 19.5. The predicted octanol–water partition coefficient (Wildman–Crippen LogP) is 12.9. The molecule has 6 aromatic rings. The summed E-state index contributed by atoms with van der Waals surface area (Å²) in [6, 6.07) is 21.4. The smallest absolute Gasteiger partial charge is 0.372 e. The number of rotatable bonds is 15. The van der Waals surface area contributed by atoms with Crippen LogP contribution in [0.15, 0.2) is 99.1 Å². The van der Waals surface area contributed by atoms with E-state index in [4.69, 9.17) is 14.7 Å². The average Bonchev–Trinajstić information content (AvgIpc) is 3.92. The minimum absolute atomic E-state index is 0. The summed E-state index contributed by atoms with van der Waals surface area (Å²) >= 11 is 2.68. The maximum atomic E-state index is 13.7. The number of halogens is 5. The van der Waals surface area contributed by atoms with Crippen LogP contribution >= 0.6 is 23.5 Å². The van der Waals surface area contributed by atoms with Crippen molar-refractivity contribution in [2.24, 2.45) is 0 Å². The van der Waals surface area contributed by atoms with Gasteiger partial charge in [-0.3, -0.25) is 14.7 Å². The Morgan fingerprint density at radius 3 is 1.75 bits per heavy atom. The van der Waals surface area contributed by atoms with Gasteiger partial charge in [-0.15, -0.1) is 0 Å². The molecule has 2 amide bonds. The minimum atomic E-state index is -4.59. The lowest BCUT2D eigenvalue weighted by Crippen LogP contribution is -2.40. The summed E-state index contributed by atoms with van der Waals surface area (Å²) in [7, 11) is 0. The van der Waals surface area contributed by atoms with Crippen LogP contribution < -0.4 is 31.1 Å². The highest BCUT2D eigenvalue weighted by atomic mass is 32.2. The monoisotopic (exact) mass is 1050 g/mol. The minimum Gasteiger partial charge on any atom is -0.372 e. The molecule has 2 saturated heterocycles. The second-order valence-corrected chi connectivity index (χ2v) is 20.4. The van der Waals surface area contributed by atoms with Gasteiger partial charge in [-0.2, -0.15) is 18.3 Å². The van der Waals surface area contributed by atoms with Crippen molar-refractivity contribution in [3.05, 3.63) is 90.3 Å². The predicted molar refractivity (Wildman–Crippen MR) is 282 cm³/mol. The Kier molecular flexibility index (Phi) is 17.3. The van der Waals surface area contributed by atoms with Crippen LogP contribution in [-0.4, -0.2) is 96.9 Å². The van der Waals surface area contributed by atoms with Crippen molar-refractivity contribution in [2.75, 3.05) is 57.2 Å². The number of hydrogen-bond acceptors (Lipinski definition) is 14. The fraction of sp³-hybridized carbons (Fsp3) is 0.408. The maximum Gasteiger partial charge on any atom is 0.397 e. The van der Waals surface area contributed by atoms with Gasteiger partial charge < -0.3 is 40.8 Å². The fourth-order valence-corrected chi connectivity index (χ4v) is 9.05. The van der Waals surface area contributed by atoms with Crippen LogP contribution in [0.3, 0.4) is 0 Å². The first-order chi connectivity index (χ1) is 34.1. The third kappa shape index (κ3) is 16.8. The SMILES string of the molecule is CCC(=O)Nc1ccc(Sc2nc(Nc3cc(C)c[nH]3)cc(N3CCC(OC(C)(C)C)CC3)n2)cc1.Cc1cc(Nc2cc(N3CCC(F)(F)CC3)nc(Sc3ccc(NC(=O)CC(F)(F)F)cc3)n2)n[nH]1.[HH].[HH].[HH].[HH].[HH]. The Labute approximate surface area is 430 Å². The number of hydrogen-bond donors (Lipinski definition) is 6. The van der Waals surface area contributed by atoms with Crippen molar-refractivity contribution < 1.29 is 43.4 Å². The molecular weight excluding hydrogens is 978 g/mol. The summed E-state index contributed by atoms with van der Waals surface area (Å²) in [5.74, 6) is 0.0959. The number of alkyl halides is 5. The third-order valence-electron chi connectivity index (χ3n) is 10.9. The van der Waals surface area contributed by atoms with Gasteiger partial charge in [-0.1, -0.05) is 6.92 Å². The first-order valence-electron chi connectivity index (χ1n) is 23.4. The summed E-state index contributed by atoms with van der Waals surface area (Å²) in [6.45, 7) is 14.1. The van der Waals surface area contributed by atoms with Gasteiger partial charge in [0, 0.05) is 104 Å². The van der Waals surface area contributed by atoms with E-state index in [1.165, 1.54) is 35.7 Å². The molecule has 2 aliphatic rings. The quantitative estimate of drug-likeness (QED) is 0.0420. The number of aryl methyl sites for hydroxylation is 2. The summed E-state index contributed by atoms with van der Waals surface area (Å²) in [6.07, 6.45) is -2.11. The van der Waals surface area contributed by atoms with Crippen LogP contribution in [0, 0.1) is 13.8 Å². The lowest BCUT2D eigenvalue weighted by atomic mass is 10.1. The van der Waals surface area contributed by atoms with Crippen LogP contribution in [0.4, 0.5) is 68.2 Å². The topological polar surface area (TPSA) is 194 Å². The third-order valence-corrected chi connectivity index (χ3v) is 12.7. The number of anilines is 8. The van der Waals surface area contributed by atoms with Crippen molar-refractivity contribution >= 4 is 81.6 Å². The highest BCUT2D eigenvalue weighted by Crippen LogP contribution is 2.35. The van der Waals surface area contributed by atoms with E-state index in [2.05, 4.69) is 72.1 Å². The lowest BCUT2D eigenvalue weighted by Gasteiger charge is -2.36. The zero-order chi connectivity index (χ0) is 51.6. The number of ether oxygens (including phenoxy) is 1. The van der Waals surface area contributed by atoms with E-state index in [0.29, 0.717) is 39.1 Å². The van der Waals surface area contributed by atoms with E-state index < -0.39 is 24.4 Å². The van der Waals surface area contributed by atoms with Gasteiger partial charge in [-0.25, -0.2) is 28.7 Å². The standard InChI is InChI=1S/C27H36N6O2S.C22H22F5N7OS.5H2/c1-6-25(34)29-19-7-9-21(10-8-19)36-26-31-23(30-22-15-18(2)17-28-22)16-24(32-26)33-13-11-20(12-14-33)35-27(3,4)5;1-13-10-17(33-32-13)29-16-11-18(34-8-6-21(23,24)7-9-34)31-20(30-16)36-15-4-2-14(3-5-15)28-19(35)12-22(25,26)27;;;;;/h7-10,15-17,20,28H,6,11-14H2,1-5H3,(H,29,34)(H,30,31,32);2-5,10-11H,6-9,12H2,1H3,(H,28,35)(H2,29,30,31,32,33);5*1H. The summed E-state index contributed by atoms with van der Waals surface area (Å²) in [5.41, 5.74) is 2.85. The molecule has 0 unspecified atom stereocenters. The zero-order valence-corrected chi connectivity index (χ0v) is 42.3. The van der Waals surface area contributed by atoms with Gasteiger partial charge >= 0.3 is 6.18 Å². The molecule has 0 bridgehead atoms. The number of nitrogens with one attached hydrogen (secondary N) is 6. The average molecular weight is 1050 g/mol. The molecule has 394 valence electrons. The second-order valence-electron chi connectivity index (χ2n) is 18.3. The molecule has 0 aliphatic carbocycles. The van der Waals surface area contributed by atoms with E-state index in [0.717, 1.165) is 65.2 Å². The number of benzene rings is 2. The van der Waals surface area contributed by atoms with Crippen LogP contribution in [0.5, 0.6) is 0 Å². The van der Waals surface area contributed by atoms with Gasteiger partial charge in [0.1, 0.15) is 35.5 Å². The number of piperidine rings is 2. The van der Waals surface area contributed by atoms with Gasteiger partial charge in [0.25, 0.3) is 5.92 Å². The number of nitrogens with zero attached hydrogens (tertiary/aromatic N) is 7. The highest BCUT2D eigenvalue weighted by molar-refractivity contribution is 7.99. The molecule has 23 heteroatoms. The van der Waals surface area contributed by atoms with Crippen molar-refractivity contribution in [1.82, 2.24) is 35.1 Å². The number of amides is 2. The molecule has 2 aromatic carbocycles. The molecule has 4 aromatic heterocycles. The number of aromatic nitrogens is 7. The molecule has 2 fully saturated rings. The molecule has 16 nitrogen and oxygen atoms in total. The van der Waals surface area contributed by atoms with Crippen LogP contribution in [0.1, 0.15) is 84.6 Å². The maximum absolute atomic E-state index is 13.7. The van der Waals surface area contributed by atoms with Crippen LogP contribution in [0.2, 0.25) is 0 Å². The fourth-order valence-electron chi connectivity index (χ4n) is 7.52. The number of aromatic amines is 2. The molecule has 72 heavy (non-hydrogen) atoms. The molecule has 2 aliphatic heterocycles. The van der Waals surface area contributed by atoms with Gasteiger partial charge in [0.15, 0.2) is 16.1 Å². The van der Waals surface area contributed by atoms with Crippen LogP contribution in [-0.2, 0) is 14.3 Å².